The number of aryl methyl sites for hydroxylation is 1. The van der Waals surface area contributed by atoms with E-state index in [1.165, 1.54) is 24.1 Å². The summed E-state index contributed by atoms with van der Waals surface area (Å²) in [6.07, 6.45) is 2.51. The fourth-order valence-electron chi connectivity index (χ4n) is 1.41. The molecule has 0 aliphatic carbocycles. The normalized spacial score (nSPS) is 14.2. The first-order valence-electron chi connectivity index (χ1n) is 3.78. The maximum atomic E-state index is 3.36. The van der Waals surface area contributed by atoms with Crippen LogP contribution in [0.5, 0.6) is 0 Å². The molecule has 0 amide bonds. The van der Waals surface area contributed by atoms with Crippen LogP contribution in [-0.2, 0) is 6.42 Å². The van der Waals surface area contributed by atoms with Crippen LogP contribution in [0.3, 0.4) is 0 Å². The van der Waals surface area contributed by atoms with Crippen LogP contribution in [-0.4, -0.2) is 15.0 Å². The second-order valence-electron chi connectivity index (χ2n) is 2.69. The van der Waals surface area contributed by atoms with Gasteiger partial charge in [0, 0.05) is 12.2 Å². The molecule has 2 heteroatoms. The van der Waals surface area contributed by atoms with E-state index < -0.39 is 0 Å². The predicted octanol–water partition coefficient (Wildman–Crippen LogP) is 0.861. The Labute approximate surface area is 69.4 Å². The summed E-state index contributed by atoms with van der Waals surface area (Å²) >= 11 is 0. The number of rotatable bonds is 0. The smallest absolute Gasteiger partial charge is 0.0814 e. The highest BCUT2D eigenvalue weighted by molar-refractivity contribution is 5.75. The van der Waals surface area contributed by atoms with Gasteiger partial charge in [0.2, 0.25) is 0 Å². The Balaban J connectivity index is 0.000000605. The molecular formula is C9H14BN. The Kier molecular flexibility index (Phi) is 2.58. The standard InChI is InChI=1S/C9H11N.BH3/c1-2-6-9-8(4-1)5-3-7-10-9;/h1-2,4,6,10H,3,5,7H2;1H3. The van der Waals surface area contributed by atoms with Crippen molar-refractivity contribution in [1.82, 2.24) is 0 Å². The molecule has 0 spiro atoms. The molecule has 11 heavy (non-hydrogen) atoms. The number of hydrogen-bond acceptors (Lipinski definition) is 1. The van der Waals surface area contributed by atoms with Crippen molar-refractivity contribution in [3.8, 4) is 0 Å². The third kappa shape index (κ3) is 1.56. The van der Waals surface area contributed by atoms with Gasteiger partial charge in [0.1, 0.15) is 0 Å². The number of para-hydroxylation sites is 1. The summed E-state index contributed by atoms with van der Waals surface area (Å²) in [5, 5.41) is 3.36. The number of anilines is 1. The van der Waals surface area contributed by atoms with Gasteiger partial charge < -0.3 is 5.32 Å². The second-order valence-corrected chi connectivity index (χ2v) is 2.69. The third-order valence-corrected chi connectivity index (χ3v) is 1.96. The van der Waals surface area contributed by atoms with Crippen LogP contribution in [0.2, 0.25) is 0 Å². The van der Waals surface area contributed by atoms with Crippen LogP contribution in [0.1, 0.15) is 12.0 Å². The molecule has 0 fully saturated rings. The minimum Gasteiger partial charge on any atom is -0.385 e. The van der Waals surface area contributed by atoms with E-state index in [1.807, 2.05) is 0 Å². The monoisotopic (exact) mass is 147 g/mol. The highest BCUT2D eigenvalue weighted by Crippen LogP contribution is 2.19. The Morgan fingerprint density at radius 3 is 2.82 bits per heavy atom. The van der Waals surface area contributed by atoms with Crippen LogP contribution < -0.4 is 5.32 Å². The summed E-state index contributed by atoms with van der Waals surface area (Å²) in [6, 6.07) is 8.53. The third-order valence-electron chi connectivity index (χ3n) is 1.96. The van der Waals surface area contributed by atoms with E-state index in [4.69, 9.17) is 0 Å². The Bertz CT molecular complexity index is 210. The van der Waals surface area contributed by atoms with Crippen molar-refractivity contribution in [3.05, 3.63) is 29.8 Å². The minimum absolute atomic E-state index is 0. The van der Waals surface area contributed by atoms with E-state index in [0.717, 1.165) is 6.54 Å². The fraction of sp³-hybridized carbons (Fsp3) is 0.333. The van der Waals surface area contributed by atoms with Gasteiger partial charge >= 0.3 is 0 Å². The average Bonchev–Trinajstić information content (AvgIpc) is 2.05. The number of hydrogen-bond donors (Lipinski definition) is 1. The lowest BCUT2D eigenvalue weighted by Crippen LogP contribution is -2.10. The molecule has 1 N–H and O–H groups in total. The molecule has 0 saturated carbocycles. The molecule has 1 heterocycles. The summed E-state index contributed by atoms with van der Waals surface area (Å²) in [4.78, 5) is 0. The van der Waals surface area contributed by atoms with Gasteiger partial charge in [-0.1, -0.05) is 18.2 Å². The predicted molar refractivity (Wildman–Crippen MR) is 53.2 cm³/mol. The van der Waals surface area contributed by atoms with Crippen molar-refractivity contribution in [3.63, 3.8) is 0 Å². The molecule has 1 aromatic carbocycles. The summed E-state index contributed by atoms with van der Waals surface area (Å²) in [7, 11) is 0. The molecule has 1 aliphatic rings. The first-order chi connectivity index (χ1) is 4.97. The van der Waals surface area contributed by atoms with E-state index in [9.17, 15) is 0 Å². The number of fused-ring (bicyclic) bond motifs is 1. The fourth-order valence-corrected chi connectivity index (χ4v) is 1.41. The quantitative estimate of drug-likeness (QED) is 0.536. The first-order valence-corrected chi connectivity index (χ1v) is 3.78. The maximum Gasteiger partial charge on any atom is 0.0814 e. The first kappa shape index (κ1) is 8.18. The lowest BCUT2D eigenvalue weighted by molar-refractivity contribution is 0.830. The van der Waals surface area contributed by atoms with Crippen molar-refractivity contribution >= 4 is 14.1 Å². The van der Waals surface area contributed by atoms with Crippen molar-refractivity contribution in [2.24, 2.45) is 0 Å². The van der Waals surface area contributed by atoms with Crippen LogP contribution in [0.25, 0.3) is 0 Å². The molecule has 58 valence electrons. The lowest BCUT2D eigenvalue weighted by Gasteiger charge is -2.16. The van der Waals surface area contributed by atoms with E-state index in [1.54, 1.807) is 0 Å². The zero-order valence-electron chi connectivity index (χ0n) is 5.93. The summed E-state index contributed by atoms with van der Waals surface area (Å²) < 4.78 is 0. The zero-order valence-corrected chi connectivity index (χ0v) is 5.93. The van der Waals surface area contributed by atoms with Gasteiger partial charge in [-0.25, -0.2) is 0 Å². The highest BCUT2D eigenvalue weighted by Gasteiger charge is 2.04. The Hall–Kier alpha value is -0.915. The molecule has 2 rings (SSSR count). The minimum atomic E-state index is 0. The molecule has 0 saturated heterocycles. The lowest BCUT2D eigenvalue weighted by atomic mass is 10.0. The number of benzene rings is 1. The summed E-state index contributed by atoms with van der Waals surface area (Å²) in [5.74, 6) is 0. The van der Waals surface area contributed by atoms with Crippen LogP contribution in [0.4, 0.5) is 5.69 Å². The van der Waals surface area contributed by atoms with Gasteiger partial charge in [-0.2, -0.15) is 0 Å². The van der Waals surface area contributed by atoms with Gasteiger partial charge in [0.15, 0.2) is 0 Å². The average molecular weight is 147 g/mol. The molecule has 0 unspecified atom stereocenters. The van der Waals surface area contributed by atoms with E-state index in [-0.39, 0.29) is 8.41 Å². The van der Waals surface area contributed by atoms with Gasteiger partial charge in [0.05, 0.1) is 8.41 Å². The van der Waals surface area contributed by atoms with Crippen LogP contribution >= 0.6 is 0 Å². The second kappa shape index (κ2) is 3.47. The zero-order chi connectivity index (χ0) is 6.81. The highest BCUT2D eigenvalue weighted by atomic mass is 14.9. The van der Waals surface area contributed by atoms with Crippen LogP contribution in [0, 0.1) is 0 Å². The summed E-state index contributed by atoms with van der Waals surface area (Å²) in [5.41, 5.74) is 2.79. The van der Waals surface area contributed by atoms with E-state index in [0.29, 0.717) is 0 Å². The molecule has 1 nitrogen and oxygen atoms in total. The molecule has 1 aromatic rings. The number of nitrogens with one attached hydrogen (secondary N) is 1. The van der Waals surface area contributed by atoms with Gasteiger partial charge in [-0.05, 0) is 24.5 Å². The molecule has 0 aromatic heterocycles. The van der Waals surface area contributed by atoms with Crippen molar-refractivity contribution in [1.29, 1.82) is 0 Å². The largest absolute Gasteiger partial charge is 0.385 e. The van der Waals surface area contributed by atoms with Gasteiger partial charge in [0.25, 0.3) is 0 Å². The van der Waals surface area contributed by atoms with E-state index in [2.05, 4.69) is 29.6 Å². The van der Waals surface area contributed by atoms with Crippen molar-refractivity contribution < 1.29 is 0 Å². The Morgan fingerprint density at radius 1 is 1.18 bits per heavy atom. The van der Waals surface area contributed by atoms with Crippen molar-refractivity contribution in [2.75, 3.05) is 11.9 Å². The molecule has 0 bridgehead atoms. The molecule has 1 aliphatic heterocycles. The Morgan fingerprint density at radius 2 is 2.00 bits per heavy atom. The van der Waals surface area contributed by atoms with Gasteiger partial charge in [-0.15, -0.1) is 0 Å². The van der Waals surface area contributed by atoms with Crippen molar-refractivity contribution in [2.45, 2.75) is 12.8 Å². The van der Waals surface area contributed by atoms with Gasteiger partial charge in [-0.3, -0.25) is 0 Å². The summed E-state index contributed by atoms with van der Waals surface area (Å²) in [6.45, 7) is 1.14. The maximum absolute atomic E-state index is 3.36. The van der Waals surface area contributed by atoms with Crippen LogP contribution in [0.15, 0.2) is 24.3 Å². The topological polar surface area (TPSA) is 12.0 Å². The van der Waals surface area contributed by atoms with E-state index >= 15 is 0 Å². The molecule has 0 atom stereocenters. The molecule has 0 radical (unpaired) electrons. The molecular weight excluding hydrogens is 133 g/mol. The SMILES string of the molecule is B.c1ccc2c(c1)CCCN2.